The number of aromatic nitrogens is 4. The van der Waals surface area contributed by atoms with Gasteiger partial charge in [0.15, 0.2) is 0 Å². The highest BCUT2D eigenvalue weighted by Crippen LogP contribution is 2.54. The topological polar surface area (TPSA) is 104 Å². The van der Waals surface area contributed by atoms with Gasteiger partial charge in [0.2, 0.25) is 0 Å². The van der Waals surface area contributed by atoms with Crippen LogP contribution in [0.1, 0.15) is 33.7 Å². The number of amides is 2. The van der Waals surface area contributed by atoms with Gasteiger partial charge in [-0.25, -0.2) is 4.98 Å². The van der Waals surface area contributed by atoms with Crippen LogP contribution in [0.15, 0.2) is 48.5 Å². The zero-order chi connectivity index (χ0) is 25.4. The van der Waals surface area contributed by atoms with Crippen LogP contribution >= 0.6 is 0 Å². The predicted octanol–water partition coefficient (Wildman–Crippen LogP) is 3.39. The summed E-state index contributed by atoms with van der Waals surface area (Å²) in [6.45, 7) is 3.64. The number of benzene rings is 2. The summed E-state index contributed by atoms with van der Waals surface area (Å²) < 4.78 is 6.14. The largest absolute Gasteiger partial charge is 0.493 e. The molecule has 0 spiro atoms. The van der Waals surface area contributed by atoms with Crippen LogP contribution in [-0.2, 0) is 0 Å². The third-order valence-corrected chi connectivity index (χ3v) is 9.14. The van der Waals surface area contributed by atoms with Gasteiger partial charge in [-0.1, -0.05) is 17.3 Å². The Kier molecular flexibility index (Phi) is 4.78. The number of rotatable bonds is 5. The van der Waals surface area contributed by atoms with E-state index in [1.807, 2.05) is 58.3 Å². The Morgan fingerprint density at radius 1 is 0.868 bits per heavy atom. The molecule has 38 heavy (non-hydrogen) atoms. The van der Waals surface area contributed by atoms with Gasteiger partial charge in [-0.05, 0) is 72.8 Å². The van der Waals surface area contributed by atoms with E-state index in [-0.39, 0.29) is 11.8 Å². The van der Waals surface area contributed by atoms with Crippen molar-refractivity contribution in [3.8, 4) is 5.75 Å². The van der Waals surface area contributed by atoms with E-state index >= 15 is 0 Å². The fourth-order valence-electron chi connectivity index (χ4n) is 6.89. The van der Waals surface area contributed by atoms with Gasteiger partial charge in [-0.15, -0.1) is 5.10 Å². The number of hydrogen-bond donors (Lipinski definition) is 1. The van der Waals surface area contributed by atoms with Crippen molar-refractivity contribution >= 4 is 33.8 Å². The number of nitrogens with zero attached hydrogens (tertiary/aromatic N) is 5. The maximum atomic E-state index is 13.6. The summed E-state index contributed by atoms with van der Waals surface area (Å²) >= 11 is 0. The van der Waals surface area contributed by atoms with Crippen LogP contribution in [0.2, 0.25) is 0 Å². The molecule has 0 radical (unpaired) electrons. The van der Waals surface area contributed by atoms with Crippen molar-refractivity contribution in [2.45, 2.75) is 12.8 Å². The molecule has 8 rings (SSSR count). The molecule has 4 aromatic rings. The lowest BCUT2D eigenvalue weighted by Crippen LogP contribution is -2.44. The fourth-order valence-corrected chi connectivity index (χ4v) is 6.89. The third kappa shape index (κ3) is 3.48. The van der Waals surface area contributed by atoms with Crippen molar-refractivity contribution in [3.63, 3.8) is 0 Å². The van der Waals surface area contributed by atoms with E-state index in [9.17, 15) is 9.59 Å². The zero-order valence-electron chi connectivity index (χ0n) is 20.9. The Balaban J connectivity index is 0.969. The minimum absolute atomic E-state index is 0.0201. The lowest BCUT2D eigenvalue weighted by Gasteiger charge is -2.42. The van der Waals surface area contributed by atoms with Crippen molar-refractivity contribution in [3.05, 3.63) is 59.8 Å². The standard InChI is InChI=1S/C29H28N6O3/c36-28(17-7-8-24-25(9-17)32-33-31-24)34-11-19-20(12-34)22-14-35(13-21(19)22)29(37)26-10-27(38-15-16-5-6-16)18-3-1-2-4-23(18)30-26/h1-4,7-10,16,19-22H,5-6,11-15H2,(H,31,32,33)/t19-,20+,21?,22?. The van der Waals surface area contributed by atoms with E-state index in [0.717, 1.165) is 48.3 Å². The first-order valence-corrected chi connectivity index (χ1v) is 13.5. The molecule has 4 fully saturated rings. The van der Waals surface area contributed by atoms with Crippen LogP contribution in [0.25, 0.3) is 21.9 Å². The molecule has 2 unspecified atom stereocenters. The van der Waals surface area contributed by atoms with Crippen LogP contribution in [0.4, 0.5) is 0 Å². The average molecular weight is 509 g/mol. The molecule has 2 saturated carbocycles. The average Bonchev–Trinajstić information content (AvgIpc) is 3.33. The Morgan fingerprint density at radius 2 is 1.58 bits per heavy atom. The SMILES string of the molecule is O=C(c1ccc2[nH]nnc2c1)N1C[C@@H]2C3CN(C(=O)c4cc(OCC5CC5)c5ccccc5n4)CC3[C@@H]2C1. The van der Waals surface area contributed by atoms with Gasteiger partial charge >= 0.3 is 0 Å². The first-order chi connectivity index (χ1) is 18.6. The summed E-state index contributed by atoms with van der Waals surface area (Å²) in [6.07, 6.45) is 2.43. The Bertz CT molecular complexity index is 1580. The summed E-state index contributed by atoms with van der Waals surface area (Å²) in [5.41, 5.74) is 3.43. The number of nitrogens with one attached hydrogen (secondary N) is 1. The van der Waals surface area contributed by atoms with Crippen molar-refractivity contribution in [1.29, 1.82) is 0 Å². The van der Waals surface area contributed by atoms with Gasteiger partial charge in [0.05, 0.1) is 17.6 Å². The molecule has 2 amide bonds. The molecule has 2 aromatic heterocycles. The quantitative estimate of drug-likeness (QED) is 0.443. The smallest absolute Gasteiger partial charge is 0.272 e. The highest BCUT2D eigenvalue weighted by Gasteiger charge is 2.59. The second-order valence-corrected chi connectivity index (χ2v) is 11.4. The molecule has 4 aliphatic rings. The minimum Gasteiger partial charge on any atom is -0.493 e. The van der Waals surface area contributed by atoms with Crippen molar-refractivity contribution < 1.29 is 14.3 Å². The molecule has 192 valence electrons. The van der Waals surface area contributed by atoms with Crippen molar-refractivity contribution in [1.82, 2.24) is 30.2 Å². The Labute approximate surface area is 219 Å². The first kappa shape index (κ1) is 22.0. The zero-order valence-corrected chi connectivity index (χ0v) is 20.9. The van der Waals surface area contributed by atoms with Crippen LogP contribution in [0.5, 0.6) is 5.75 Å². The predicted molar refractivity (Wildman–Crippen MR) is 140 cm³/mol. The summed E-state index contributed by atoms with van der Waals surface area (Å²) in [5.74, 6) is 3.17. The molecule has 2 aromatic carbocycles. The van der Waals surface area contributed by atoms with Crippen LogP contribution in [-0.4, -0.2) is 74.8 Å². The van der Waals surface area contributed by atoms with Crippen LogP contribution in [0, 0.1) is 29.6 Å². The van der Waals surface area contributed by atoms with Crippen molar-refractivity contribution in [2.75, 3.05) is 32.8 Å². The first-order valence-electron chi connectivity index (χ1n) is 13.5. The number of carbonyl (C=O) groups excluding carboxylic acids is 2. The molecule has 2 aliphatic carbocycles. The highest BCUT2D eigenvalue weighted by atomic mass is 16.5. The second-order valence-electron chi connectivity index (χ2n) is 11.4. The maximum absolute atomic E-state index is 13.6. The van der Waals surface area contributed by atoms with E-state index < -0.39 is 0 Å². The van der Waals surface area contributed by atoms with E-state index in [1.165, 1.54) is 12.8 Å². The second kappa shape index (κ2) is 8.24. The Hall–Kier alpha value is -4.01. The summed E-state index contributed by atoms with van der Waals surface area (Å²) in [5, 5.41) is 11.6. The summed E-state index contributed by atoms with van der Waals surface area (Å²) in [6, 6.07) is 15.2. The molecule has 9 heteroatoms. The summed E-state index contributed by atoms with van der Waals surface area (Å²) in [4.78, 5) is 35.5. The van der Waals surface area contributed by atoms with Gasteiger partial charge in [-0.3, -0.25) is 14.7 Å². The number of carbonyl (C=O) groups is 2. The van der Waals surface area contributed by atoms with Gasteiger partial charge in [0, 0.05) is 43.2 Å². The lowest BCUT2D eigenvalue weighted by atomic mass is 9.60. The molecule has 1 N–H and O–H groups in total. The number of H-pyrrole nitrogens is 1. The molecule has 9 nitrogen and oxygen atoms in total. The summed E-state index contributed by atoms with van der Waals surface area (Å²) in [7, 11) is 0. The number of fused-ring (bicyclic) bond motifs is 6. The van der Waals surface area contributed by atoms with E-state index in [2.05, 4.69) is 15.4 Å². The third-order valence-electron chi connectivity index (χ3n) is 9.14. The number of ether oxygens (including phenoxy) is 1. The van der Waals surface area contributed by atoms with E-state index in [0.29, 0.717) is 53.0 Å². The van der Waals surface area contributed by atoms with E-state index in [4.69, 9.17) is 9.72 Å². The molecule has 4 atom stereocenters. The lowest BCUT2D eigenvalue weighted by molar-refractivity contribution is 0.0629. The Morgan fingerprint density at radius 3 is 2.32 bits per heavy atom. The fraction of sp³-hybridized carbons (Fsp3) is 0.414. The normalized spacial score (nSPS) is 25.9. The maximum Gasteiger partial charge on any atom is 0.272 e. The van der Waals surface area contributed by atoms with E-state index in [1.54, 1.807) is 0 Å². The number of pyridine rings is 1. The van der Waals surface area contributed by atoms with Crippen LogP contribution in [0.3, 0.4) is 0 Å². The number of hydrogen-bond acceptors (Lipinski definition) is 6. The van der Waals surface area contributed by atoms with Crippen LogP contribution < -0.4 is 4.74 Å². The monoisotopic (exact) mass is 508 g/mol. The molecule has 4 heterocycles. The number of likely N-dealkylation sites (tertiary alicyclic amines) is 2. The van der Waals surface area contributed by atoms with Gasteiger partial charge in [0.1, 0.15) is 17.0 Å². The molecular weight excluding hydrogens is 480 g/mol. The van der Waals surface area contributed by atoms with Gasteiger partial charge in [0.25, 0.3) is 11.8 Å². The van der Waals surface area contributed by atoms with Gasteiger partial charge < -0.3 is 14.5 Å². The molecule has 2 saturated heterocycles. The highest BCUT2D eigenvalue weighted by molar-refractivity contribution is 5.98. The molecular formula is C29H28N6O3. The molecule has 2 aliphatic heterocycles. The minimum atomic E-state index is -0.0201. The number of aromatic amines is 1. The molecule has 0 bridgehead atoms. The van der Waals surface area contributed by atoms with Crippen molar-refractivity contribution in [2.24, 2.45) is 29.6 Å². The van der Waals surface area contributed by atoms with Gasteiger partial charge in [-0.2, -0.15) is 0 Å². The number of para-hydroxylation sites is 1.